The van der Waals surface area contributed by atoms with E-state index in [-0.39, 0.29) is 12.3 Å². The molecule has 0 radical (unpaired) electrons. The molecule has 0 saturated heterocycles. The molecule has 0 aromatic carbocycles. The van der Waals surface area contributed by atoms with Crippen molar-refractivity contribution in [2.75, 3.05) is 0 Å². The number of alkyl halides is 2. The average molecular weight is 178 g/mol. The van der Waals surface area contributed by atoms with Gasteiger partial charge in [0.25, 0.3) is 0 Å². The normalized spacial score (nSPS) is 20.6. The van der Waals surface area contributed by atoms with E-state index in [1.165, 1.54) is 0 Å². The Bertz CT molecular complexity index is 166. The summed E-state index contributed by atoms with van der Waals surface area (Å²) in [5.41, 5.74) is 0. The quantitative estimate of drug-likeness (QED) is 0.716. The zero-order valence-electron chi connectivity index (χ0n) is 6.67. The molecule has 1 atom stereocenters. The molecule has 0 amide bonds. The topological polar surface area (TPSA) is 37.3 Å². The Morgan fingerprint density at radius 1 is 1.50 bits per heavy atom. The number of carboxylic acid groups (broad SMARTS) is 1. The van der Waals surface area contributed by atoms with Gasteiger partial charge < -0.3 is 5.11 Å². The number of rotatable bonds is 4. The molecule has 0 aliphatic heterocycles. The van der Waals surface area contributed by atoms with E-state index in [0.29, 0.717) is 0 Å². The van der Waals surface area contributed by atoms with Crippen LogP contribution in [-0.2, 0) is 4.79 Å². The summed E-state index contributed by atoms with van der Waals surface area (Å²) in [6.07, 6.45) is -0.369. The summed E-state index contributed by atoms with van der Waals surface area (Å²) in [7, 11) is 0. The SMILES string of the molecule is O=C(O)CC(C(F)F)C1CCC1. The van der Waals surface area contributed by atoms with Crippen molar-refractivity contribution in [3.05, 3.63) is 0 Å². The lowest BCUT2D eigenvalue weighted by atomic mass is 9.75. The van der Waals surface area contributed by atoms with Crippen molar-refractivity contribution in [3.8, 4) is 0 Å². The van der Waals surface area contributed by atoms with Gasteiger partial charge in [-0.05, 0) is 18.8 Å². The molecule has 1 N–H and O–H groups in total. The highest BCUT2D eigenvalue weighted by atomic mass is 19.3. The number of halogens is 2. The van der Waals surface area contributed by atoms with Gasteiger partial charge in [0, 0.05) is 5.92 Å². The minimum absolute atomic E-state index is 0.0545. The Morgan fingerprint density at radius 3 is 2.33 bits per heavy atom. The van der Waals surface area contributed by atoms with Gasteiger partial charge in [0.2, 0.25) is 6.43 Å². The molecular formula is C8H12F2O2. The lowest BCUT2D eigenvalue weighted by molar-refractivity contribution is -0.141. The molecule has 0 bridgehead atoms. The minimum atomic E-state index is -2.48. The molecule has 1 aliphatic carbocycles. The van der Waals surface area contributed by atoms with Crippen LogP contribution in [0.4, 0.5) is 8.78 Å². The van der Waals surface area contributed by atoms with Crippen LogP contribution in [0.25, 0.3) is 0 Å². The Morgan fingerprint density at radius 2 is 2.08 bits per heavy atom. The van der Waals surface area contributed by atoms with Crippen LogP contribution in [0, 0.1) is 11.8 Å². The molecule has 1 saturated carbocycles. The van der Waals surface area contributed by atoms with Crippen molar-refractivity contribution in [2.45, 2.75) is 32.1 Å². The molecule has 70 valence electrons. The Hall–Kier alpha value is -0.670. The number of carbonyl (C=O) groups is 1. The van der Waals surface area contributed by atoms with Gasteiger partial charge in [-0.2, -0.15) is 0 Å². The third-order valence-electron chi connectivity index (χ3n) is 2.49. The summed E-state index contributed by atoms with van der Waals surface area (Å²) in [4.78, 5) is 10.2. The third kappa shape index (κ3) is 2.16. The van der Waals surface area contributed by atoms with Gasteiger partial charge in [-0.25, -0.2) is 8.78 Å². The van der Waals surface area contributed by atoms with E-state index in [4.69, 9.17) is 5.11 Å². The summed E-state index contributed by atoms with van der Waals surface area (Å²) in [6.45, 7) is 0. The second-order valence-corrected chi connectivity index (χ2v) is 3.29. The minimum Gasteiger partial charge on any atom is -0.481 e. The second kappa shape index (κ2) is 3.83. The standard InChI is InChI=1S/C8H12F2O2/c9-8(10)6(4-7(11)12)5-2-1-3-5/h5-6,8H,1-4H2,(H,11,12). The van der Waals surface area contributed by atoms with Crippen molar-refractivity contribution in [1.82, 2.24) is 0 Å². The molecule has 0 aromatic rings. The maximum atomic E-state index is 12.3. The Kier molecular flexibility index (Phi) is 3.00. The van der Waals surface area contributed by atoms with Crippen LogP contribution in [-0.4, -0.2) is 17.5 Å². The first kappa shape index (κ1) is 9.42. The highest BCUT2D eigenvalue weighted by molar-refractivity contribution is 5.67. The van der Waals surface area contributed by atoms with Gasteiger partial charge in [0.05, 0.1) is 6.42 Å². The maximum absolute atomic E-state index is 12.3. The van der Waals surface area contributed by atoms with E-state index in [1.54, 1.807) is 0 Å². The van der Waals surface area contributed by atoms with Crippen LogP contribution in [0.15, 0.2) is 0 Å². The first-order chi connectivity index (χ1) is 5.61. The van der Waals surface area contributed by atoms with Crippen molar-refractivity contribution >= 4 is 5.97 Å². The molecule has 1 fully saturated rings. The van der Waals surface area contributed by atoms with Crippen molar-refractivity contribution < 1.29 is 18.7 Å². The van der Waals surface area contributed by atoms with Gasteiger partial charge >= 0.3 is 5.97 Å². The van der Waals surface area contributed by atoms with Crippen molar-refractivity contribution in [3.63, 3.8) is 0 Å². The van der Waals surface area contributed by atoms with E-state index < -0.39 is 18.3 Å². The fourth-order valence-electron chi connectivity index (χ4n) is 1.53. The lowest BCUT2D eigenvalue weighted by Crippen LogP contribution is -2.29. The molecule has 1 aliphatic rings. The fourth-order valence-corrected chi connectivity index (χ4v) is 1.53. The largest absolute Gasteiger partial charge is 0.481 e. The van der Waals surface area contributed by atoms with E-state index >= 15 is 0 Å². The van der Waals surface area contributed by atoms with Gasteiger partial charge in [0.1, 0.15) is 0 Å². The summed E-state index contributed by atoms with van der Waals surface area (Å²) in [5, 5.41) is 8.37. The summed E-state index contributed by atoms with van der Waals surface area (Å²) in [5.74, 6) is -2.09. The van der Waals surface area contributed by atoms with E-state index in [0.717, 1.165) is 19.3 Å². The van der Waals surface area contributed by atoms with Gasteiger partial charge in [-0.1, -0.05) is 6.42 Å². The van der Waals surface area contributed by atoms with E-state index in [1.807, 2.05) is 0 Å². The molecular weight excluding hydrogens is 166 g/mol. The zero-order valence-corrected chi connectivity index (χ0v) is 6.67. The highest BCUT2D eigenvalue weighted by Gasteiger charge is 2.34. The highest BCUT2D eigenvalue weighted by Crippen LogP contribution is 2.38. The number of hydrogen-bond donors (Lipinski definition) is 1. The molecule has 1 unspecified atom stereocenters. The Labute approximate surface area is 69.6 Å². The molecule has 4 heteroatoms. The van der Waals surface area contributed by atoms with E-state index in [9.17, 15) is 13.6 Å². The van der Waals surface area contributed by atoms with Crippen LogP contribution >= 0.6 is 0 Å². The van der Waals surface area contributed by atoms with Crippen LogP contribution in [0.5, 0.6) is 0 Å². The summed E-state index contributed by atoms with van der Waals surface area (Å²) < 4.78 is 24.5. The van der Waals surface area contributed by atoms with Gasteiger partial charge in [-0.15, -0.1) is 0 Å². The smallest absolute Gasteiger partial charge is 0.303 e. The molecule has 0 heterocycles. The number of aliphatic carboxylic acids is 1. The van der Waals surface area contributed by atoms with Crippen LogP contribution < -0.4 is 0 Å². The molecule has 0 aromatic heterocycles. The van der Waals surface area contributed by atoms with Crippen LogP contribution in [0.2, 0.25) is 0 Å². The first-order valence-corrected chi connectivity index (χ1v) is 4.11. The first-order valence-electron chi connectivity index (χ1n) is 4.11. The molecule has 2 nitrogen and oxygen atoms in total. The van der Waals surface area contributed by atoms with Gasteiger partial charge in [-0.3, -0.25) is 4.79 Å². The maximum Gasteiger partial charge on any atom is 0.303 e. The number of carboxylic acids is 1. The van der Waals surface area contributed by atoms with Crippen LogP contribution in [0.1, 0.15) is 25.7 Å². The molecule has 0 spiro atoms. The number of hydrogen-bond acceptors (Lipinski definition) is 1. The van der Waals surface area contributed by atoms with E-state index in [2.05, 4.69) is 0 Å². The zero-order chi connectivity index (χ0) is 9.14. The second-order valence-electron chi connectivity index (χ2n) is 3.29. The van der Waals surface area contributed by atoms with Crippen LogP contribution in [0.3, 0.4) is 0 Å². The Balaban J connectivity index is 2.42. The van der Waals surface area contributed by atoms with Gasteiger partial charge in [0.15, 0.2) is 0 Å². The van der Waals surface area contributed by atoms with Crippen molar-refractivity contribution in [2.24, 2.45) is 11.8 Å². The molecule has 1 rings (SSSR count). The monoisotopic (exact) mass is 178 g/mol. The predicted octanol–water partition coefficient (Wildman–Crippen LogP) is 2.14. The lowest BCUT2D eigenvalue weighted by Gasteiger charge is -2.32. The summed E-state index contributed by atoms with van der Waals surface area (Å²) >= 11 is 0. The fraction of sp³-hybridized carbons (Fsp3) is 0.875. The summed E-state index contributed by atoms with van der Waals surface area (Å²) in [6, 6.07) is 0. The molecule has 12 heavy (non-hydrogen) atoms. The third-order valence-corrected chi connectivity index (χ3v) is 2.49. The predicted molar refractivity (Wildman–Crippen MR) is 39.1 cm³/mol. The van der Waals surface area contributed by atoms with Crippen molar-refractivity contribution in [1.29, 1.82) is 0 Å². The average Bonchev–Trinajstić information content (AvgIpc) is 1.80.